The van der Waals surface area contributed by atoms with Gasteiger partial charge in [-0.05, 0) is 31.4 Å². The van der Waals surface area contributed by atoms with Crippen molar-refractivity contribution in [1.82, 2.24) is 5.32 Å². The molecule has 1 aliphatic rings. The van der Waals surface area contributed by atoms with Gasteiger partial charge in [0.1, 0.15) is 23.6 Å². The molecule has 1 aliphatic heterocycles. The van der Waals surface area contributed by atoms with Gasteiger partial charge in [-0.3, -0.25) is 4.79 Å². The number of hydrogen-bond donors (Lipinski definition) is 2. The number of carboxylic acids is 1. The van der Waals surface area contributed by atoms with Crippen LogP contribution >= 0.6 is 0 Å². The van der Waals surface area contributed by atoms with E-state index in [9.17, 15) is 9.90 Å². The van der Waals surface area contributed by atoms with Crippen LogP contribution < -0.4 is 14.8 Å². The molecule has 1 aromatic carbocycles. The van der Waals surface area contributed by atoms with Gasteiger partial charge in [0.15, 0.2) is 0 Å². The molecular formula is C17H25NO4. The molecule has 0 amide bonds. The molecule has 2 atom stereocenters. The Bertz CT molecular complexity index is 542. The predicted octanol–water partition coefficient (Wildman–Crippen LogP) is 2.61. The second-order valence-corrected chi connectivity index (χ2v) is 6.31. The lowest BCUT2D eigenvalue weighted by Crippen LogP contribution is -2.37. The third-order valence-corrected chi connectivity index (χ3v) is 3.82. The lowest BCUT2D eigenvalue weighted by Gasteiger charge is -2.18. The number of rotatable bonds is 7. The van der Waals surface area contributed by atoms with Crippen LogP contribution in [0.1, 0.15) is 38.3 Å². The minimum Gasteiger partial charge on any atom is -0.497 e. The maximum Gasteiger partial charge on any atom is 0.320 e. The Hall–Kier alpha value is -1.75. The van der Waals surface area contributed by atoms with Crippen molar-refractivity contribution in [1.29, 1.82) is 0 Å². The molecule has 1 aromatic rings. The number of methoxy groups -OCH3 is 1. The summed E-state index contributed by atoms with van der Waals surface area (Å²) in [5, 5.41) is 12.4. The summed E-state index contributed by atoms with van der Waals surface area (Å²) in [6.07, 6.45) is 1.60. The number of ether oxygens (including phenoxy) is 2. The summed E-state index contributed by atoms with van der Waals surface area (Å²) in [6, 6.07) is 3.35. The summed E-state index contributed by atoms with van der Waals surface area (Å²) in [7, 11) is 1.64. The van der Waals surface area contributed by atoms with Crippen LogP contribution in [0.25, 0.3) is 0 Å². The molecule has 0 aromatic heterocycles. The Morgan fingerprint density at radius 3 is 2.82 bits per heavy atom. The van der Waals surface area contributed by atoms with Crippen molar-refractivity contribution >= 4 is 5.97 Å². The SMILES string of the molecule is COc1cc(CN[C@@H](CC(C)C)C(=O)O)c2c(c1)CC(C)O2. The number of benzene rings is 1. The van der Waals surface area contributed by atoms with E-state index in [2.05, 4.69) is 5.32 Å². The van der Waals surface area contributed by atoms with Crippen molar-refractivity contribution in [3.05, 3.63) is 23.3 Å². The average molecular weight is 307 g/mol. The maximum absolute atomic E-state index is 11.3. The molecule has 5 heteroatoms. The van der Waals surface area contributed by atoms with Crippen molar-refractivity contribution in [2.75, 3.05) is 7.11 Å². The minimum atomic E-state index is -0.817. The molecule has 0 saturated heterocycles. The lowest BCUT2D eigenvalue weighted by atomic mass is 10.0. The highest BCUT2D eigenvalue weighted by atomic mass is 16.5. The molecule has 0 bridgehead atoms. The number of hydrogen-bond acceptors (Lipinski definition) is 4. The molecule has 0 radical (unpaired) electrons. The largest absolute Gasteiger partial charge is 0.497 e. The first-order valence-electron chi connectivity index (χ1n) is 7.73. The van der Waals surface area contributed by atoms with Crippen LogP contribution in [0.3, 0.4) is 0 Å². The first-order valence-corrected chi connectivity index (χ1v) is 7.73. The molecule has 1 unspecified atom stereocenters. The average Bonchev–Trinajstić information content (AvgIpc) is 2.82. The van der Waals surface area contributed by atoms with Gasteiger partial charge >= 0.3 is 5.97 Å². The Kier molecular flexibility index (Phi) is 5.29. The molecular weight excluding hydrogens is 282 g/mol. The Balaban J connectivity index is 2.15. The topological polar surface area (TPSA) is 67.8 Å². The van der Waals surface area contributed by atoms with Crippen LogP contribution in [-0.2, 0) is 17.8 Å². The third kappa shape index (κ3) is 3.91. The fourth-order valence-electron chi connectivity index (χ4n) is 2.80. The summed E-state index contributed by atoms with van der Waals surface area (Å²) in [5.74, 6) is 1.15. The van der Waals surface area contributed by atoms with E-state index in [4.69, 9.17) is 9.47 Å². The van der Waals surface area contributed by atoms with Gasteiger partial charge in [-0.1, -0.05) is 13.8 Å². The second-order valence-electron chi connectivity index (χ2n) is 6.31. The maximum atomic E-state index is 11.3. The van der Waals surface area contributed by atoms with Crippen LogP contribution in [0.5, 0.6) is 11.5 Å². The zero-order chi connectivity index (χ0) is 16.3. The highest BCUT2D eigenvalue weighted by Crippen LogP contribution is 2.36. The second kappa shape index (κ2) is 7.01. The van der Waals surface area contributed by atoms with E-state index < -0.39 is 12.0 Å². The molecule has 0 spiro atoms. The molecule has 122 valence electrons. The van der Waals surface area contributed by atoms with Crippen molar-refractivity contribution in [2.24, 2.45) is 5.92 Å². The van der Waals surface area contributed by atoms with Gasteiger partial charge < -0.3 is 19.9 Å². The van der Waals surface area contributed by atoms with Crippen LogP contribution in [0.2, 0.25) is 0 Å². The normalized spacial score (nSPS) is 18.0. The summed E-state index contributed by atoms with van der Waals surface area (Å²) in [5.41, 5.74) is 2.08. The van der Waals surface area contributed by atoms with Crippen LogP contribution in [0.15, 0.2) is 12.1 Å². The van der Waals surface area contributed by atoms with Gasteiger partial charge in [-0.15, -0.1) is 0 Å². The summed E-state index contributed by atoms with van der Waals surface area (Å²) in [6.45, 7) is 6.52. The van der Waals surface area contributed by atoms with E-state index >= 15 is 0 Å². The van der Waals surface area contributed by atoms with E-state index in [0.29, 0.717) is 18.9 Å². The van der Waals surface area contributed by atoms with Crippen LogP contribution in [-0.4, -0.2) is 30.3 Å². The summed E-state index contributed by atoms with van der Waals surface area (Å²) < 4.78 is 11.2. The first-order chi connectivity index (χ1) is 10.4. The molecule has 0 aliphatic carbocycles. The smallest absolute Gasteiger partial charge is 0.320 e. The van der Waals surface area contributed by atoms with Gasteiger partial charge in [0, 0.05) is 24.1 Å². The monoisotopic (exact) mass is 307 g/mol. The van der Waals surface area contributed by atoms with Gasteiger partial charge in [0.05, 0.1) is 7.11 Å². The van der Waals surface area contributed by atoms with Gasteiger partial charge in [0.2, 0.25) is 0 Å². The molecule has 5 nitrogen and oxygen atoms in total. The molecule has 2 rings (SSSR count). The number of nitrogens with one attached hydrogen (secondary N) is 1. The number of carboxylic acid groups (broad SMARTS) is 1. The van der Waals surface area contributed by atoms with E-state index in [0.717, 1.165) is 29.0 Å². The zero-order valence-electron chi connectivity index (χ0n) is 13.7. The van der Waals surface area contributed by atoms with Crippen LogP contribution in [0, 0.1) is 5.92 Å². The van der Waals surface area contributed by atoms with E-state index in [1.54, 1.807) is 7.11 Å². The van der Waals surface area contributed by atoms with Gasteiger partial charge in [0.25, 0.3) is 0 Å². The first kappa shape index (κ1) is 16.6. The summed E-state index contributed by atoms with van der Waals surface area (Å²) >= 11 is 0. The molecule has 0 fully saturated rings. The van der Waals surface area contributed by atoms with Crippen molar-refractivity contribution < 1.29 is 19.4 Å². The lowest BCUT2D eigenvalue weighted by molar-refractivity contribution is -0.140. The molecule has 2 N–H and O–H groups in total. The predicted molar refractivity (Wildman–Crippen MR) is 84.5 cm³/mol. The zero-order valence-corrected chi connectivity index (χ0v) is 13.7. The Labute approximate surface area is 131 Å². The van der Waals surface area contributed by atoms with E-state index in [-0.39, 0.29) is 6.10 Å². The van der Waals surface area contributed by atoms with Crippen molar-refractivity contribution in [3.63, 3.8) is 0 Å². The van der Waals surface area contributed by atoms with Crippen LogP contribution in [0.4, 0.5) is 0 Å². The minimum absolute atomic E-state index is 0.145. The fraction of sp³-hybridized carbons (Fsp3) is 0.588. The molecule has 0 saturated carbocycles. The fourth-order valence-corrected chi connectivity index (χ4v) is 2.80. The van der Waals surface area contributed by atoms with E-state index in [1.807, 2.05) is 32.9 Å². The third-order valence-electron chi connectivity index (χ3n) is 3.82. The quantitative estimate of drug-likeness (QED) is 0.810. The molecule has 22 heavy (non-hydrogen) atoms. The van der Waals surface area contributed by atoms with Gasteiger partial charge in [-0.25, -0.2) is 0 Å². The Morgan fingerprint density at radius 2 is 2.23 bits per heavy atom. The Morgan fingerprint density at radius 1 is 1.50 bits per heavy atom. The standard InChI is InChI=1S/C17H25NO4/c1-10(2)5-15(17(19)20)18-9-13-8-14(21-4)7-12-6-11(3)22-16(12)13/h7-8,10-11,15,18H,5-6,9H2,1-4H3,(H,19,20)/t11?,15-/m0/s1. The molecule has 1 heterocycles. The number of fused-ring (bicyclic) bond motifs is 1. The van der Waals surface area contributed by atoms with E-state index in [1.165, 1.54) is 0 Å². The highest BCUT2D eigenvalue weighted by molar-refractivity contribution is 5.73. The number of aliphatic carboxylic acids is 1. The van der Waals surface area contributed by atoms with Gasteiger partial charge in [-0.2, -0.15) is 0 Å². The van der Waals surface area contributed by atoms with Crippen molar-refractivity contribution in [3.8, 4) is 11.5 Å². The van der Waals surface area contributed by atoms with Crippen molar-refractivity contribution in [2.45, 2.75) is 52.3 Å². The highest BCUT2D eigenvalue weighted by Gasteiger charge is 2.25. The number of carbonyl (C=O) groups is 1. The summed E-state index contributed by atoms with van der Waals surface area (Å²) in [4.78, 5) is 11.3.